The number of nitrogens with zero attached hydrogens (tertiary/aromatic N) is 1. The first-order valence-electron chi connectivity index (χ1n) is 11.7. The number of carbonyl (C=O) groups excluding carboxylic acids is 2. The van der Waals surface area contributed by atoms with Gasteiger partial charge in [0.2, 0.25) is 0 Å². The lowest BCUT2D eigenvalue weighted by Crippen LogP contribution is -2.16. The van der Waals surface area contributed by atoms with Crippen LogP contribution in [0.5, 0.6) is 0 Å². The molecule has 6 nitrogen and oxygen atoms in total. The summed E-state index contributed by atoms with van der Waals surface area (Å²) in [5.41, 5.74) is 0. The largest absolute Gasteiger partial charge is 0.466 e. The van der Waals surface area contributed by atoms with Crippen molar-refractivity contribution in [3.8, 4) is 0 Å². The molecule has 0 aromatic carbocycles. The molecular weight excluding hydrogens is 394 g/mol. The Morgan fingerprint density at radius 1 is 1.00 bits per heavy atom. The Labute approximate surface area is 187 Å². The van der Waals surface area contributed by atoms with Crippen molar-refractivity contribution in [2.24, 2.45) is 0 Å². The summed E-state index contributed by atoms with van der Waals surface area (Å²) >= 11 is 0. The van der Waals surface area contributed by atoms with Crippen LogP contribution in [0.4, 0.5) is 0 Å². The van der Waals surface area contributed by atoms with E-state index in [0.717, 1.165) is 56.6 Å². The Morgan fingerprint density at radius 2 is 1.74 bits per heavy atom. The monoisotopic (exact) mass is 433 g/mol. The molecule has 1 unspecified atom stereocenters. The maximum atomic E-state index is 11.9. The summed E-state index contributed by atoms with van der Waals surface area (Å²) in [6.45, 7) is 2.17. The highest BCUT2D eigenvalue weighted by Gasteiger charge is 2.11. The van der Waals surface area contributed by atoms with Crippen molar-refractivity contribution < 1.29 is 23.5 Å². The molecule has 0 radical (unpaired) electrons. The molecule has 0 amide bonds. The van der Waals surface area contributed by atoms with Crippen LogP contribution < -0.4 is 0 Å². The number of unbranched alkanes of at least 4 members (excludes halogenated alkanes) is 8. The van der Waals surface area contributed by atoms with Gasteiger partial charge < -0.3 is 13.9 Å². The fraction of sp³-hybridized carbons (Fsp3) is 0.640. The molecule has 1 heterocycles. The zero-order chi connectivity index (χ0) is 22.6. The van der Waals surface area contributed by atoms with Gasteiger partial charge in [-0.1, -0.05) is 57.6 Å². The van der Waals surface area contributed by atoms with E-state index in [0.29, 0.717) is 6.42 Å². The van der Waals surface area contributed by atoms with Crippen molar-refractivity contribution in [2.45, 2.75) is 96.5 Å². The third-order valence-corrected chi connectivity index (χ3v) is 5.03. The minimum atomic E-state index is -0.561. The highest BCUT2D eigenvalue weighted by atomic mass is 16.5. The molecule has 0 bridgehead atoms. The fourth-order valence-corrected chi connectivity index (χ4v) is 3.24. The first-order chi connectivity index (χ1) is 15.2. The number of allylic oxidation sites excluding steroid dienone is 1. The van der Waals surface area contributed by atoms with Crippen LogP contribution >= 0.6 is 0 Å². The minimum Gasteiger partial charge on any atom is -0.466 e. The molecular formula is C25H39NO5. The number of carbonyl (C=O) groups is 2. The molecule has 0 spiro atoms. The van der Waals surface area contributed by atoms with E-state index in [1.54, 1.807) is 12.5 Å². The normalized spacial score (nSPS) is 12.5. The van der Waals surface area contributed by atoms with Gasteiger partial charge in [-0.3, -0.25) is 0 Å². The van der Waals surface area contributed by atoms with E-state index in [4.69, 9.17) is 9.15 Å². The van der Waals surface area contributed by atoms with Gasteiger partial charge in [0.15, 0.2) is 5.89 Å². The van der Waals surface area contributed by atoms with Crippen molar-refractivity contribution in [1.82, 2.24) is 4.98 Å². The van der Waals surface area contributed by atoms with E-state index < -0.39 is 11.9 Å². The molecule has 1 rings (SSSR count). The Kier molecular flexibility index (Phi) is 15.8. The number of hydrogen-bond donors (Lipinski definition) is 0. The molecule has 1 aromatic rings. The van der Waals surface area contributed by atoms with Gasteiger partial charge in [-0.2, -0.15) is 0 Å². The summed E-state index contributed by atoms with van der Waals surface area (Å²) in [4.78, 5) is 27.2. The summed E-state index contributed by atoms with van der Waals surface area (Å²) in [7, 11) is 1.28. The number of aromatic nitrogens is 1. The standard InChI is InChI=1S/C25H39NO5/c1-3-4-5-12-15-22(31-25(28)19-18-24(27)29-2)16-13-10-8-6-7-9-11-14-17-23-26-20-21-30-23/h10,13,18-22H,3-9,11-12,14-17H2,1-2H3/b13-10+,19-18+. The Bertz CT molecular complexity index is 636. The molecule has 0 saturated heterocycles. The lowest BCUT2D eigenvalue weighted by Gasteiger charge is -2.15. The lowest BCUT2D eigenvalue weighted by atomic mass is 10.1. The Balaban J connectivity index is 2.20. The molecule has 0 N–H and O–H groups in total. The number of rotatable bonds is 18. The molecule has 0 fully saturated rings. The van der Waals surface area contributed by atoms with Crippen LogP contribution in [0.1, 0.15) is 89.9 Å². The molecule has 174 valence electrons. The number of ether oxygens (including phenoxy) is 2. The number of oxazole rings is 1. The number of esters is 2. The highest BCUT2D eigenvalue weighted by Crippen LogP contribution is 2.14. The lowest BCUT2D eigenvalue weighted by molar-refractivity contribution is -0.144. The van der Waals surface area contributed by atoms with Crippen molar-refractivity contribution in [3.63, 3.8) is 0 Å². The summed E-state index contributed by atoms with van der Waals surface area (Å²) in [6, 6.07) is 0. The van der Waals surface area contributed by atoms with Gasteiger partial charge >= 0.3 is 11.9 Å². The second-order valence-electron chi connectivity index (χ2n) is 7.70. The summed E-state index contributed by atoms with van der Waals surface area (Å²) < 4.78 is 15.3. The van der Waals surface area contributed by atoms with Gasteiger partial charge in [0.1, 0.15) is 12.4 Å². The van der Waals surface area contributed by atoms with Gasteiger partial charge in [-0.25, -0.2) is 14.6 Å². The van der Waals surface area contributed by atoms with Crippen LogP contribution in [0.3, 0.4) is 0 Å². The predicted octanol–water partition coefficient (Wildman–Crippen LogP) is 6.12. The van der Waals surface area contributed by atoms with E-state index >= 15 is 0 Å². The van der Waals surface area contributed by atoms with Crippen molar-refractivity contribution in [1.29, 1.82) is 0 Å². The topological polar surface area (TPSA) is 78.6 Å². The van der Waals surface area contributed by atoms with Crippen LogP contribution in [0, 0.1) is 0 Å². The molecule has 0 aliphatic carbocycles. The Morgan fingerprint density at radius 3 is 2.48 bits per heavy atom. The van der Waals surface area contributed by atoms with E-state index in [9.17, 15) is 9.59 Å². The summed E-state index contributed by atoms with van der Waals surface area (Å²) in [5.74, 6) is -0.230. The van der Waals surface area contributed by atoms with Crippen LogP contribution in [-0.4, -0.2) is 30.1 Å². The highest BCUT2D eigenvalue weighted by molar-refractivity contribution is 5.91. The maximum absolute atomic E-state index is 11.9. The van der Waals surface area contributed by atoms with E-state index in [-0.39, 0.29) is 6.10 Å². The smallest absolute Gasteiger partial charge is 0.331 e. The zero-order valence-electron chi connectivity index (χ0n) is 19.2. The average Bonchev–Trinajstić information content (AvgIpc) is 3.29. The zero-order valence-corrected chi connectivity index (χ0v) is 19.2. The first kappa shape index (κ1) is 26.7. The second-order valence-corrected chi connectivity index (χ2v) is 7.70. The SMILES string of the molecule is CCCCCCC(C/C=C/CCCCCCCc1ncco1)OC(=O)/C=C/C(=O)OC. The number of methoxy groups -OCH3 is 1. The van der Waals surface area contributed by atoms with Crippen molar-refractivity contribution in [3.05, 3.63) is 42.7 Å². The molecule has 1 atom stereocenters. The molecule has 0 aliphatic rings. The third kappa shape index (κ3) is 15.1. The third-order valence-electron chi connectivity index (χ3n) is 5.03. The fourth-order valence-electron chi connectivity index (χ4n) is 3.24. The Hall–Kier alpha value is -2.37. The minimum absolute atomic E-state index is 0.155. The maximum Gasteiger partial charge on any atom is 0.331 e. The van der Waals surface area contributed by atoms with Gasteiger partial charge in [0.05, 0.1) is 13.3 Å². The van der Waals surface area contributed by atoms with E-state index in [2.05, 4.69) is 28.8 Å². The number of hydrogen-bond acceptors (Lipinski definition) is 6. The second kappa shape index (κ2) is 18.4. The van der Waals surface area contributed by atoms with Gasteiger partial charge in [0, 0.05) is 25.0 Å². The quantitative estimate of drug-likeness (QED) is 0.120. The summed E-state index contributed by atoms with van der Waals surface area (Å²) in [6.07, 6.45) is 23.6. The molecule has 31 heavy (non-hydrogen) atoms. The van der Waals surface area contributed by atoms with Crippen LogP contribution in [0.2, 0.25) is 0 Å². The van der Waals surface area contributed by atoms with Gasteiger partial charge in [-0.15, -0.1) is 0 Å². The molecule has 0 saturated carbocycles. The average molecular weight is 434 g/mol. The van der Waals surface area contributed by atoms with Crippen LogP contribution in [0.15, 0.2) is 41.2 Å². The first-order valence-corrected chi connectivity index (χ1v) is 11.7. The van der Waals surface area contributed by atoms with Gasteiger partial charge in [-0.05, 0) is 32.1 Å². The molecule has 6 heteroatoms. The van der Waals surface area contributed by atoms with Crippen LogP contribution in [-0.2, 0) is 25.5 Å². The van der Waals surface area contributed by atoms with E-state index in [1.165, 1.54) is 45.6 Å². The molecule has 1 aromatic heterocycles. The van der Waals surface area contributed by atoms with Crippen molar-refractivity contribution >= 4 is 11.9 Å². The van der Waals surface area contributed by atoms with E-state index in [1.807, 2.05) is 0 Å². The summed E-state index contributed by atoms with van der Waals surface area (Å²) in [5, 5.41) is 0. The van der Waals surface area contributed by atoms with Gasteiger partial charge in [0.25, 0.3) is 0 Å². The molecule has 0 aliphatic heterocycles. The van der Waals surface area contributed by atoms with Crippen molar-refractivity contribution in [2.75, 3.05) is 7.11 Å². The number of aryl methyl sites for hydroxylation is 1. The van der Waals surface area contributed by atoms with Crippen LogP contribution in [0.25, 0.3) is 0 Å². The predicted molar refractivity (Wildman–Crippen MR) is 121 cm³/mol.